The lowest BCUT2D eigenvalue weighted by molar-refractivity contribution is 0.581. The van der Waals surface area contributed by atoms with E-state index < -0.39 is 0 Å². The topological polar surface area (TPSA) is 50.9 Å². The van der Waals surface area contributed by atoms with E-state index in [2.05, 4.69) is 24.1 Å². The molecule has 0 unspecified atom stereocenters. The van der Waals surface area contributed by atoms with E-state index in [0.717, 1.165) is 16.6 Å². The molecule has 0 saturated heterocycles. The molecule has 0 aliphatic carbocycles. The zero-order valence-corrected chi connectivity index (χ0v) is 10.8. The van der Waals surface area contributed by atoms with Gasteiger partial charge in [-0.2, -0.15) is 0 Å². The van der Waals surface area contributed by atoms with Crippen LogP contribution in [0.4, 0.5) is 5.69 Å². The highest BCUT2D eigenvalue weighted by molar-refractivity contribution is 6.35. The van der Waals surface area contributed by atoms with Crippen LogP contribution in [0.15, 0.2) is 30.5 Å². The van der Waals surface area contributed by atoms with Gasteiger partial charge in [0.25, 0.3) is 0 Å². The first-order valence-corrected chi connectivity index (χ1v) is 5.93. The fourth-order valence-corrected chi connectivity index (χ4v) is 1.87. The van der Waals surface area contributed by atoms with Crippen molar-refractivity contribution in [2.75, 3.05) is 11.9 Å². The first-order chi connectivity index (χ1) is 8.03. The first-order valence-electron chi connectivity index (χ1n) is 5.55. The number of hydrogen-bond donors (Lipinski definition) is 2. The number of aromatic nitrogens is 1. The highest BCUT2D eigenvalue weighted by atomic mass is 35.5. The van der Waals surface area contributed by atoms with Gasteiger partial charge in [-0.25, -0.2) is 0 Å². The molecular formula is C13H16ClN3. The Balaban J connectivity index is 2.52. The highest BCUT2D eigenvalue weighted by Crippen LogP contribution is 2.29. The maximum atomic E-state index is 6.14. The maximum Gasteiger partial charge on any atom is 0.0948 e. The van der Waals surface area contributed by atoms with Crippen molar-refractivity contribution in [3.63, 3.8) is 0 Å². The molecule has 3 N–H and O–H groups in total. The van der Waals surface area contributed by atoms with Crippen molar-refractivity contribution in [2.24, 2.45) is 5.73 Å². The maximum absolute atomic E-state index is 6.14. The summed E-state index contributed by atoms with van der Waals surface area (Å²) in [6, 6.07) is 7.66. The van der Waals surface area contributed by atoms with Crippen molar-refractivity contribution in [3.8, 4) is 0 Å². The number of pyridine rings is 1. The van der Waals surface area contributed by atoms with E-state index in [0.29, 0.717) is 11.6 Å². The Morgan fingerprint density at radius 3 is 2.82 bits per heavy atom. The summed E-state index contributed by atoms with van der Waals surface area (Å²) in [6.45, 7) is 4.65. The Bertz CT molecular complexity index is 537. The number of nitrogens with zero attached hydrogens (tertiary/aromatic N) is 1. The van der Waals surface area contributed by atoms with Crippen LogP contribution in [-0.2, 0) is 0 Å². The molecule has 17 heavy (non-hydrogen) atoms. The van der Waals surface area contributed by atoms with E-state index in [4.69, 9.17) is 17.3 Å². The number of rotatable bonds is 3. The van der Waals surface area contributed by atoms with Crippen molar-refractivity contribution in [1.29, 1.82) is 0 Å². The van der Waals surface area contributed by atoms with Crippen LogP contribution < -0.4 is 11.1 Å². The third kappa shape index (κ3) is 2.51. The molecule has 90 valence electrons. The summed E-state index contributed by atoms with van der Waals surface area (Å²) >= 11 is 6.14. The Kier molecular flexibility index (Phi) is 3.22. The molecule has 0 radical (unpaired) electrons. The van der Waals surface area contributed by atoms with Gasteiger partial charge in [-0.3, -0.25) is 4.98 Å². The Hall–Kier alpha value is -1.32. The lowest BCUT2D eigenvalue weighted by Gasteiger charge is -2.26. The van der Waals surface area contributed by atoms with Crippen LogP contribution in [0.2, 0.25) is 5.02 Å². The molecule has 0 bridgehead atoms. The molecule has 0 fully saturated rings. The van der Waals surface area contributed by atoms with Crippen LogP contribution in [0.5, 0.6) is 0 Å². The molecule has 2 rings (SSSR count). The van der Waals surface area contributed by atoms with Crippen LogP contribution in [0.25, 0.3) is 10.9 Å². The SMILES string of the molecule is CC(C)(CN)Nc1ccc(Cl)c2cccnc12. The molecule has 2 aromatic rings. The number of benzene rings is 1. The zero-order chi connectivity index (χ0) is 12.5. The molecule has 1 aromatic heterocycles. The first kappa shape index (κ1) is 12.1. The van der Waals surface area contributed by atoms with Crippen molar-refractivity contribution in [2.45, 2.75) is 19.4 Å². The van der Waals surface area contributed by atoms with Crippen LogP contribution in [0.1, 0.15) is 13.8 Å². The fraction of sp³-hybridized carbons (Fsp3) is 0.308. The summed E-state index contributed by atoms with van der Waals surface area (Å²) in [4.78, 5) is 4.37. The summed E-state index contributed by atoms with van der Waals surface area (Å²) in [5.41, 5.74) is 7.39. The molecule has 4 heteroatoms. The second-order valence-electron chi connectivity index (χ2n) is 4.71. The molecule has 0 saturated carbocycles. The van der Waals surface area contributed by atoms with Gasteiger partial charge in [-0.1, -0.05) is 11.6 Å². The van der Waals surface area contributed by atoms with Gasteiger partial charge in [-0.05, 0) is 38.1 Å². The van der Waals surface area contributed by atoms with Gasteiger partial charge >= 0.3 is 0 Å². The molecular weight excluding hydrogens is 234 g/mol. The molecule has 3 nitrogen and oxygen atoms in total. The van der Waals surface area contributed by atoms with Gasteiger partial charge in [0.05, 0.1) is 16.2 Å². The quantitative estimate of drug-likeness (QED) is 0.879. The van der Waals surface area contributed by atoms with Gasteiger partial charge in [0, 0.05) is 23.7 Å². The standard InChI is InChI=1S/C13H16ClN3/c1-13(2,8-15)17-11-6-5-10(14)9-4-3-7-16-12(9)11/h3-7,17H,8,15H2,1-2H3. The van der Waals surface area contributed by atoms with Gasteiger partial charge in [0.15, 0.2) is 0 Å². The average Bonchev–Trinajstić information content (AvgIpc) is 2.33. The minimum absolute atomic E-state index is 0.168. The highest BCUT2D eigenvalue weighted by Gasteiger charge is 2.16. The summed E-state index contributed by atoms with van der Waals surface area (Å²) in [6.07, 6.45) is 1.76. The van der Waals surface area contributed by atoms with Gasteiger partial charge in [0.1, 0.15) is 0 Å². The molecule has 0 aliphatic rings. The fourth-order valence-electron chi connectivity index (χ4n) is 1.65. The van der Waals surface area contributed by atoms with Gasteiger partial charge in [-0.15, -0.1) is 0 Å². The average molecular weight is 250 g/mol. The number of anilines is 1. The van der Waals surface area contributed by atoms with Crippen molar-refractivity contribution in [1.82, 2.24) is 4.98 Å². The Morgan fingerprint density at radius 1 is 1.35 bits per heavy atom. The number of nitrogens with two attached hydrogens (primary N) is 1. The minimum atomic E-state index is -0.168. The molecule has 0 aliphatic heterocycles. The second-order valence-corrected chi connectivity index (χ2v) is 5.11. The minimum Gasteiger partial charge on any atom is -0.377 e. The molecule has 0 atom stereocenters. The third-order valence-corrected chi connectivity index (χ3v) is 3.03. The number of halogens is 1. The number of fused-ring (bicyclic) bond motifs is 1. The number of nitrogens with one attached hydrogen (secondary N) is 1. The van der Waals surface area contributed by atoms with E-state index in [1.807, 2.05) is 24.3 Å². The predicted octanol–water partition coefficient (Wildman–Crippen LogP) is 3.04. The van der Waals surface area contributed by atoms with Crippen molar-refractivity contribution >= 4 is 28.2 Å². The molecule has 1 heterocycles. The monoisotopic (exact) mass is 249 g/mol. The summed E-state index contributed by atoms with van der Waals surface area (Å²) < 4.78 is 0. The van der Waals surface area contributed by atoms with Gasteiger partial charge < -0.3 is 11.1 Å². The lowest BCUT2D eigenvalue weighted by Crippen LogP contribution is -2.39. The molecule has 1 aromatic carbocycles. The predicted molar refractivity (Wildman–Crippen MR) is 73.5 cm³/mol. The van der Waals surface area contributed by atoms with Crippen molar-refractivity contribution < 1.29 is 0 Å². The van der Waals surface area contributed by atoms with E-state index in [-0.39, 0.29) is 5.54 Å². The Morgan fingerprint density at radius 2 is 2.12 bits per heavy atom. The van der Waals surface area contributed by atoms with Crippen LogP contribution in [0, 0.1) is 0 Å². The van der Waals surface area contributed by atoms with E-state index in [9.17, 15) is 0 Å². The summed E-state index contributed by atoms with van der Waals surface area (Å²) in [7, 11) is 0. The summed E-state index contributed by atoms with van der Waals surface area (Å²) in [5, 5.41) is 5.06. The number of hydrogen-bond acceptors (Lipinski definition) is 3. The van der Waals surface area contributed by atoms with Crippen LogP contribution >= 0.6 is 11.6 Å². The molecule has 0 spiro atoms. The lowest BCUT2D eigenvalue weighted by atomic mass is 10.0. The summed E-state index contributed by atoms with van der Waals surface area (Å²) in [5.74, 6) is 0. The van der Waals surface area contributed by atoms with Crippen LogP contribution in [0.3, 0.4) is 0 Å². The largest absolute Gasteiger partial charge is 0.377 e. The van der Waals surface area contributed by atoms with Gasteiger partial charge in [0.2, 0.25) is 0 Å². The third-order valence-electron chi connectivity index (χ3n) is 2.70. The smallest absolute Gasteiger partial charge is 0.0948 e. The van der Waals surface area contributed by atoms with Crippen molar-refractivity contribution in [3.05, 3.63) is 35.5 Å². The van der Waals surface area contributed by atoms with E-state index in [1.54, 1.807) is 6.20 Å². The molecule has 0 amide bonds. The van der Waals surface area contributed by atoms with E-state index in [1.165, 1.54) is 0 Å². The van der Waals surface area contributed by atoms with Crippen LogP contribution in [-0.4, -0.2) is 17.1 Å². The second kappa shape index (κ2) is 4.51. The van der Waals surface area contributed by atoms with E-state index >= 15 is 0 Å². The Labute approximate surface area is 106 Å². The zero-order valence-electron chi connectivity index (χ0n) is 10.00. The normalized spacial score (nSPS) is 11.8.